The number of aryl methyl sites for hydroxylation is 1. The van der Waals surface area contributed by atoms with Gasteiger partial charge in [-0.1, -0.05) is 55.8 Å². The Kier molecular flexibility index (Phi) is 6.24. The fraction of sp³-hybridized carbons (Fsp3) is 0.200. The van der Waals surface area contributed by atoms with Crippen molar-refractivity contribution in [3.05, 3.63) is 133 Å². The molecule has 1 aromatic heterocycles. The fourth-order valence-electron chi connectivity index (χ4n) is 6.09. The van der Waals surface area contributed by atoms with Gasteiger partial charge in [-0.2, -0.15) is 0 Å². The van der Waals surface area contributed by atoms with Crippen molar-refractivity contribution in [1.82, 2.24) is 10.3 Å². The Bertz CT molecular complexity index is 1820. The first-order valence-electron chi connectivity index (χ1n) is 13.8. The van der Waals surface area contributed by atoms with Crippen molar-refractivity contribution in [2.75, 3.05) is 0 Å². The summed E-state index contributed by atoms with van der Waals surface area (Å²) in [6, 6.07) is 22.2. The quantitative estimate of drug-likeness (QED) is 0.335. The van der Waals surface area contributed by atoms with Gasteiger partial charge in [0.05, 0.1) is 22.8 Å². The summed E-state index contributed by atoms with van der Waals surface area (Å²) in [5.74, 6) is 0. The monoisotopic (exact) mass is 634 g/mol. The van der Waals surface area contributed by atoms with Crippen molar-refractivity contribution < 1.29 is 0 Å². The van der Waals surface area contributed by atoms with E-state index in [1.54, 1.807) is 0 Å². The maximum Gasteiger partial charge on any atom is 0.0738 e. The molecular weight excluding hydrogens is 603 g/mol. The Hall–Kier alpha value is -3.55. The number of aliphatic imine (C=N–C) groups is 2. The molecule has 2 atom stereocenters. The number of nitrogens with zero attached hydrogens (tertiary/aromatic N) is 2. The minimum Gasteiger partial charge on any atom is -0.355 e. The van der Waals surface area contributed by atoms with E-state index in [-0.39, 0.29) is 17.5 Å². The van der Waals surface area contributed by atoms with Crippen molar-refractivity contribution in [3.63, 3.8) is 0 Å². The van der Waals surface area contributed by atoms with Gasteiger partial charge in [-0.05, 0) is 113 Å². The van der Waals surface area contributed by atoms with Crippen molar-refractivity contribution in [2.45, 2.75) is 39.3 Å². The molecular formula is C35H31IN4. The lowest BCUT2D eigenvalue weighted by atomic mass is 9.83. The fourth-order valence-corrected chi connectivity index (χ4v) is 6.45. The molecule has 198 valence electrons. The van der Waals surface area contributed by atoms with Crippen LogP contribution in [0.15, 0.2) is 112 Å². The van der Waals surface area contributed by atoms with E-state index >= 15 is 0 Å². The van der Waals surface area contributed by atoms with E-state index in [0.717, 1.165) is 62.2 Å². The molecule has 1 fully saturated rings. The van der Waals surface area contributed by atoms with Crippen molar-refractivity contribution in [3.8, 4) is 0 Å². The molecule has 0 spiro atoms. The lowest BCUT2D eigenvalue weighted by Gasteiger charge is -2.23. The van der Waals surface area contributed by atoms with E-state index in [0.29, 0.717) is 0 Å². The number of rotatable bonds is 2. The molecule has 40 heavy (non-hydrogen) atoms. The van der Waals surface area contributed by atoms with Crippen LogP contribution in [0.1, 0.15) is 37.0 Å². The van der Waals surface area contributed by atoms with E-state index in [1.807, 2.05) is 0 Å². The molecule has 0 saturated carbocycles. The van der Waals surface area contributed by atoms with E-state index in [9.17, 15) is 0 Å². The first-order chi connectivity index (χ1) is 19.3. The van der Waals surface area contributed by atoms with Crippen LogP contribution < -0.4 is 16.0 Å². The Morgan fingerprint density at radius 3 is 2.27 bits per heavy atom. The van der Waals surface area contributed by atoms with Gasteiger partial charge in [0.25, 0.3) is 0 Å². The number of aromatic amines is 1. The highest BCUT2D eigenvalue weighted by Crippen LogP contribution is 2.37. The Morgan fingerprint density at radius 1 is 0.775 bits per heavy atom. The lowest BCUT2D eigenvalue weighted by Crippen LogP contribution is -2.33. The number of nitrogens with one attached hydrogen (secondary N) is 2. The SMILES string of the molecule is Cc1ccc(C2=C3C=CC(=N3)C(c3ccc(I)cc3)=c3ccc([nH]3)=CC3CC(C)(C)C(C=C4C=CC2=N4)N3)cc1. The van der Waals surface area contributed by atoms with Crippen LogP contribution in [0.5, 0.6) is 0 Å². The summed E-state index contributed by atoms with van der Waals surface area (Å²) in [5, 5.41) is 6.04. The average molecular weight is 635 g/mol. The van der Waals surface area contributed by atoms with Crippen LogP contribution in [-0.2, 0) is 0 Å². The third kappa shape index (κ3) is 4.71. The highest BCUT2D eigenvalue weighted by atomic mass is 127. The predicted molar refractivity (Wildman–Crippen MR) is 175 cm³/mol. The van der Waals surface area contributed by atoms with Gasteiger partial charge in [0.2, 0.25) is 0 Å². The Labute approximate surface area is 248 Å². The van der Waals surface area contributed by atoms with Crippen molar-refractivity contribution >= 4 is 51.2 Å². The van der Waals surface area contributed by atoms with E-state index in [1.165, 1.54) is 9.13 Å². The summed E-state index contributed by atoms with van der Waals surface area (Å²) in [7, 11) is 0. The molecule has 4 aliphatic rings. The molecule has 8 bridgehead atoms. The van der Waals surface area contributed by atoms with Crippen LogP contribution in [-0.4, -0.2) is 28.5 Å². The minimum absolute atomic E-state index is 0.105. The molecule has 1 saturated heterocycles. The van der Waals surface area contributed by atoms with Crippen molar-refractivity contribution in [2.24, 2.45) is 15.4 Å². The molecule has 0 radical (unpaired) electrons. The second-order valence-corrected chi connectivity index (χ2v) is 12.9. The maximum atomic E-state index is 5.26. The molecule has 0 amide bonds. The molecule has 2 unspecified atom stereocenters. The van der Waals surface area contributed by atoms with Gasteiger partial charge in [0, 0.05) is 37.5 Å². The Balaban J connectivity index is 1.51. The molecule has 4 nitrogen and oxygen atoms in total. The number of halogens is 1. The van der Waals surface area contributed by atoms with Gasteiger partial charge in [-0.15, -0.1) is 0 Å². The maximum absolute atomic E-state index is 5.26. The summed E-state index contributed by atoms with van der Waals surface area (Å²) in [6.45, 7) is 6.80. The topological polar surface area (TPSA) is 52.5 Å². The summed E-state index contributed by atoms with van der Waals surface area (Å²) in [6.07, 6.45) is 14.2. The van der Waals surface area contributed by atoms with Gasteiger partial charge in [0.15, 0.2) is 0 Å². The molecule has 7 rings (SSSR count). The average Bonchev–Trinajstić information content (AvgIpc) is 3.72. The number of allylic oxidation sites excluding steroid dienone is 5. The number of aromatic nitrogens is 1. The van der Waals surface area contributed by atoms with Crippen molar-refractivity contribution in [1.29, 1.82) is 0 Å². The summed E-state index contributed by atoms with van der Waals surface area (Å²) >= 11 is 2.36. The van der Waals surface area contributed by atoms with Gasteiger partial charge in [0.1, 0.15) is 0 Å². The lowest BCUT2D eigenvalue weighted by molar-refractivity contribution is 0.355. The zero-order valence-corrected chi connectivity index (χ0v) is 25.0. The minimum atomic E-state index is 0.105. The van der Waals surface area contributed by atoms with Crippen LogP contribution in [0, 0.1) is 15.9 Å². The second-order valence-electron chi connectivity index (χ2n) is 11.7. The number of benzene rings is 2. The standard InChI is InChI=1S/C35H31IN4/c1-21-4-6-22(7-5-21)33-29-15-13-26(38-29)19-32-35(2,3)20-27(39-32)18-25-12-14-28(37-25)34(31-17-16-30(33)40-31)23-8-10-24(36)11-9-23/h4-19,27,32,37,39H,20H2,1-3H3. The predicted octanol–water partition coefficient (Wildman–Crippen LogP) is 5.99. The molecule has 2 aromatic carbocycles. The van der Waals surface area contributed by atoms with Crippen LogP contribution in [0.2, 0.25) is 0 Å². The largest absolute Gasteiger partial charge is 0.355 e. The van der Waals surface area contributed by atoms with Gasteiger partial charge in [-0.3, -0.25) is 0 Å². The van der Waals surface area contributed by atoms with Crippen LogP contribution in [0.25, 0.3) is 17.2 Å². The summed E-state index contributed by atoms with van der Waals surface area (Å²) in [4.78, 5) is 14.1. The zero-order valence-electron chi connectivity index (χ0n) is 22.9. The first-order valence-corrected chi connectivity index (χ1v) is 14.9. The second kappa shape index (κ2) is 9.82. The summed E-state index contributed by atoms with van der Waals surface area (Å²) in [5.41, 5.74) is 9.56. The molecule has 5 heteroatoms. The first kappa shape index (κ1) is 25.4. The van der Waals surface area contributed by atoms with Gasteiger partial charge >= 0.3 is 0 Å². The molecule has 4 aliphatic heterocycles. The molecule has 2 N–H and O–H groups in total. The van der Waals surface area contributed by atoms with E-state index in [2.05, 4.69) is 151 Å². The molecule has 5 heterocycles. The van der Waals surface area contributed by atoms with Crippen LogP contribution in [0.3, 0.4) is 0 Å². The van der Waals surface area contributed by atoms with Gasteiger partial charge < -0.3 is 10.3 Å². The molecule has 0 aliphatic carbocycles. The summed E-state index contributed by atoms with van der Waals surface area (Å²) < 4.78 is 1.21. The highest BCUT2D eigenvalue weighted by molar-refractivity contribution is 14.1. The number of fused-ring (bicyclic) bond motifs is 6. The van der Waals surface area contributed by atoms with E-state index < -0.39 is 0 Å². The highest BCUT2D eigenvalue weighted by Gasteiger charge is 2.38. The number of hydrogen-bond acceptors (Lipinski definition) is 3. The zero-order chi connectivity index (χ0) is 27.4. The normalized spacial score (nSPS) is 22.8. The number of H-pyrrole nitrogens is 1. The third-order valence-electron chi connectivity index (χ3n) is 8.22. The number of hydrogen-bond donors (Lipinski definition) is 2. The van der Waals surface area contributed by atoms with Crippen LogP contribution >= 0.6 is 22.6 Å². The smallest absolute Gasteiger partial charge is 0.0738 e. The third-order valence-corrected chi connectivity index (χ3v) is 8.94. The van der Waals surface area contributed by atoms with Gasteiger partial charge in [-0.25, -0.2) is 9.98 Å². The molecule has 3 aromatic rings. The van der Waals surface area contributed by atoms with E-state index in [4.69, 9.17) is 9.98 Å². The van der Waals surface area contributed by atoms with Crippen LogP contribution in [0.4, 0.5) is 0 Å². The Morgan fingerprint density at radius 2 is 1.48 bits per heavy atom.